The quantitative estimate of drug-likeness (QED) is 0.469. The van der Waals surface area contributed by atoms with Crippen LogP contribution in [0.5, 0.6) is 5.75 Å². The number of hydrogen-bond donors (Lipinski definition) is 3. The van der Waals surface area contributed by atoms with Crippen LogP contribution >= 0.6 is 11.6 Å². The van der Waals surface area contributed by atoms with Crippen molar-refractivity contribution in [2.45, 2.75) is 6.42 Å². The Bertz CT molecular complexity index is 1200. The molecule has 140 valence electrons. The van der Waals surface area contributed by atoms with Crippen molar-refractivity contribution < 1.29 is 10.2 Å². The van der Waals surface area contributed by atoms with Crippen molar-refractivity contribution in [1.29, 1.82) is 0 Å². The van der Waals surface area contributed by atoms with E-state index in [4.69, 9.17) is 16.7 Å². The molecule has 0 aliphatic heterocycles. The number of H-pyrrole nitrogens is 1. The van der Waals surface area contributed by atoms with Gasteiger partial charge in [-0.05, 0) is 35.2 Å². The van der Waals surface area contributed by atoms with Crippen molar-refractivity contribution in [1.82, 2.24) is 4.98 Å². The topological polar surface area (TPSA) is 73.3 Å². The molecule has 0 atom stereocenters. The van der Waals surface area contributed by atoms with Gasteiger partial charge >= 0.3 is 0 Å². The van der Waals surface area contributed by atoms with Gasteiger partial charge < -0.3 is 15.2 Å². The molecule has 4 rings (SSSR count). The fourth-order valence-electron chi connectivity index (χ4n) is 3.37. The molecule has 28 heavy (non-hydrogen) atoms. The number of pyridine rings is 1. The van der Waals surface area contributed by atoms with Crippen LogP contribution in [0.25, 0.3) is 33.2 Å². The van der Waals surface area contributed by atoms with E-state index >= 15 is 0 Å². The highest BCUT2D eigenvalue weighted by Gasteiger charge is 2.16. The molecule has 4 aromatic rings. The first kappa shape index (κ1) is 18.3. The van der Waals surface area contributed by atoms with Gasteiger partial charge in [0.2, 0.25) is 0 Å². The molecule has 0 radical (unpaired) electrons. The average molecular weight is 392 g/mol. The summed E-state index contributed by atoms with van der Waals surface area (Å²) in [5, 5.41) is 20.9. The van der Waals surface area contributed by atoms with E-state index in [-0.39, 0.29) is 23.5 Å². The maximum absolute atomic E-state index is 12.5. The van der Waals surface area contributed by atoms with E-state index in [2.05, 4.69) is 4.98 Å². The van der Waals surface area contributed by atoms with Gasteiger partial charge in [-0.15, -0.1) is 0 Å². The third kappa shape index (κ3) is 3.28. The predicted octanol–water partition coefficient (Wildman–Crippen LogP) is 4.76. The van der Waals surface area contributed by atoms with Gasteiger partial charge in [0.15, 0.2) is 0 Å². The van der Waals surface area contributed by atoms with Crippen molar-refractivity contribution in [3.05, 3.63) is 87.7 Å². The molecule has 0 aliphatic carbocycles. The molecule has 0 fully saturated rings. The van der Waals surface area contributed by atoms with E-state index in [1.807, 2.05) is 42.5 Å². The van der Waals surface area contributed by atoms with Gasteiger partial charge in [0, 0.05) is 17.6 Å². The monoisotopic (exact) mass is 391 g/mol. The molecule has 1 heterocycles. The molecular formula is C23H18ClNO3. The molecule has 0 aliphatic rings. The van der Waals surface area contributed by atoms with Gasteiger partial charge in [0.05, 0.1) is 16.1 Å². The van der Waals surface area contributed by atoms with Crippen molar-refractivity contribution in [3.8, 4) is 28.0 Å². The van der Waals surface area contributed by atoms with Crippen LogP contribution in [-0.4, -0.2) is 21.8 Å². The maximum atomic E-state index is 12.5. The SMILES string of the molecule is O=c1[nH]c2cc(Cl)c(-c3ccc(CCO)cc3)cc2c(O)c1-c1ccccc1. The van der Waals surface area contributed by atoms with E-state index in [0.717, 1.165) is 16.7 Å². The lowest BCUT2D eigenvalue weighted by molar-refractivity contribution is 0.299. The van der Waals surface area contributed by atoms with Gasteiger partial charge in [-0.3, -0.25) is 4.79 Å². The molecule has 0 saturated heterocycles. The standard InChI is InChI=1S/C23H18ClNO3/c24-19-13-20-18(12-17(19)15-8-6-14(7-9-15)10-11-26)22(27)21(23(28)25-20)16-4-2-1-3-5-16/h1-9,12-13,26H,10-11H2,(H2,25,27,28). The molecular weight excluding hydrogens is 374 g/mol. The molecule has 0 bridgehead atoms. The lowest BCUT2D eigenvalue weighted by Gasteiger charge is -2.12. The van der Waals surface area contributed by atoms with E-state index < -0.39 is 0 Å². The summed E-state index contributed by atoms with van der Waals surface area (Å²) >= 11 is 6.46. The zero-order valence-electron chi connectivity index (χ0n) is 14.9. The Morgan fingerprint density at radius 1 is 0.929 bits per heavy atom. The fraction of sp³-hybridized carbons (Fsp3) is 0.0870. The van der Waals surface area contributed by atoms with E-state index in [9.17, 15) is 9.90 Å². The molecule has 3 N–H and O–H groups in total. The molecule has 0 spiro atoms. The van der Waals surface area contributed by atoms with Crippen LogP contribution in [0.1, 0.15) is 5.56 Å². The number of aromatic amines is 1. The number of aromatic nitrogens is 1. The highest BCUT2D eigenvalue weighted by molar-refractivity contribution is 6.34. The summed E-state index contributed by atoms with van der Waals surface area (Å²) in [5.74, 6) is -0.0697. The van der Waals surface area contributed by atoms with Gasteiger partial charge in [-0.25, -0.2) is 0 Å². The third-order valence-corrected chi connectivity index (χ3v) is 5.11. The second kappa shape index (κ2) is 7.50. The van der Waals surface area contributed by atoms with Crippen molar-refractivity contribution in [2.24, 2.45) is 0 Å². The molecule has 1 aromatic heterocycles. The van der Waals surface area contributed by atoms with Crippen molar-refractivity contribution in [2.75, 3.05) is 6.61 Å². The first-order chi connectivity index (χ1) is 13.6. The number of fused-ring (bicyclic) bond motifs is 1. The molecule has 0 saturated carbocycles. The van der Waals surface area contributed by atoms with Crippen LogP contribution < -0.4 is 5.56 Å². The second-order valence-electron chi connectivity index (χ2n) is 6.59. The first-order valence-electron chi connectivity index (χ1n) is 8.92. The number of hydrogen-bond acceptors (Lipinski definition) is 3. The number of aromatic hydroxyl groups is 1. The highest BCUT2D eigenvalue weighted by Crippen LogP contribution is 2.37. The van der Waals surface area contributed by atoms with E-state index in [0.29, 0.717) is 27.9 Å². The summed E-state index contributed by atoms with van der Waals surface area (Å²) in [6, 6.07) is 20.2. The Morgan fingerprint density at radius 2 is 1.64 bits per heavy atom. The number of nitrogens with one attached hydrogen (secondary N) is 1. The molecule has 0 amide bonds. The Kier molecular flexibility index (Phi) is 4.90. The first-order valence-corrected chi connectivity index (χ1v) is 9.30. The molecule has 0 unspecified atom stereocenters. The third-order valence-electron chi connectivity index (χ3n) is 4.80. The summed E-state index contributed by atoms with van der Waals surface area (Å²) in [6.07, 6.45) is 0.591. The normalized spacial score (nSPS) is 11.1. The van der Waals surface area contributed by atoms with Gasteiger partial charge in [-0.2, -0.15) is 0 Å². The number of benzene rings is 3. The Balaban J connectivity index is 1.90. The smallest absolute Gasteiger partial charge is 0.260 e. The minimum absolute atomic E-state index is 0.0697. The minimum Gasteiger partial charge on any atom is -0.506 e. The zero-order valence-corrected chi connectivity index (χ0v) is 15.7. The zero-order chi connectivity index (χ0) is 19.7. The van der Waals surface area contributed by atoms with E-state index in [1.54, 1.807) is 24.3 Å². The summed E-state index contributed by atoms with van der Waals surface area (Å²) in [5.41, 5.74) is 3.67. The minimum atomic E-state index is -0.367. The largest absolute Gasteiger partial charge is 0.506 e. The Hall–Kier alpha value is -3.08. The summed E-state index contributed by atoms with van der Waals surface area (Å²) < 4.78 is 0. The number of rotatable bonds is 4. The highest BCUT2D eigenvalue weighted by atomic mass is 35.5. The maximum Gasteiger partial charge on any atom is 0.260 e. The fourth-order valence-corrected chi connectivity index (χ4v) is 3.65. The van der Waals surface area contributed by atoms with Crippen LogP contribution in [0.2, 0.25) is 5.02 Å². The van der Waals surface area contributed by atoms with Crippen LogP contribution in [0.3, 0.4) is 0 Å². The van der Waals surface area contributed by atoms with E-state index in [1.165, 1.54) is 0 Å². The van der Waals surface area contributed by atoms with Crippen molar-refractivity contribution in [3.63, 3.8) is 0 Å². The average Bonchev–Trinajstić information content (AvgIpc) is 2.69. The second-order valence-corrected chi connectivity index (χ2v) is 7.00. The van der Waals surface area contributed by atoms with Crippen molar-refractivity contribution >= 4 is 22.5 Å². The van der Waals surface area contributed by atoms with Crippen LogP contribution in [0.15, 0.2) is 71.5 Å². The molecule has 3 aromatic carbocycles. The predicted molar refractivity (Wildman–Crippen MR) is 113 cm³/mol. The molecule has 5 heteroatoms. The van der Waals surface area contributed by atoms with Crippen LogP contribution in [-0.2, 0) is 6.42 Å². The number of halogens is 1. The van der Waals surface area contributed by atoms with Gasteiger partial charge in [0.25, 0.3) is 5.56 Å². The lowest BCUT2D eigenvalue weighted by atomic mass is 9.98. The lowest BCUT2D eigenvalue weighted by Crippen LogP contribution is -2.09. The Labute approximate surface area is 166 Å². The van der Waals surface area contributed by atoms with Gasteiger partial charge in [-0.1, -0.05) is 66.2 Å². The number of aliphatic hydroxyl groups is 1. The van der Waals surface area contributed by atoms with Crippen LogP contribution in [0, 0.1) is 0 Å². The van der Waals surface area contributed by atoms with Crippen LogP contribution in [0.4, 0.5) is 0 Å². The molecule has 4 nitrogen and oxygen atoms in total. The summed E-state index contributed by atoms with van der Waals surface area (Å²) in [7, 11) is 0. The summed E-state index contributed by atoms with van der Waals surface area (Å²) in [4.78, 5) is 15.4. The Morgan fingerprint density at radius 3 is 2.32 bits per heavy atom. The van der Waals surface area contributed by atoms with Gasteiger partial charge in [0.1, 0.15) is 5.75 Å². The number of aliphatic hydroxyl groups excluding tert-OH is 1. The summed E-state index contributed by atoms with van der Waals surface area (Å²) in [6.45, 7) is 0.0968.